The lowest BCUT2D eigenvalue weighted by molar-refractivity contribution is -0.119. The SMILES string of the molecule is CCc1cccc(NC(=O)[C@H](C)n2nc(-c3ccc(C)c(S(=O)(=O)N4CCCC4)c3)ccc2=O)c1. The number of hydrogen-bond donors (Lipinski definition) is 1. The van der Waals surface area contributed by atoms with Gasteiger partial charge in [0.25, 0.3) is 5.56 Å². The van der Waals surface area contributed by atoms with Crippen LogP contribution in [0.1, 0.15) is 43.9 Å². The van der Waals surface area contributed by atoms with E-state index >= 15 is 0 Å². The van der Waals surface area contributed by atoms with E-state index < -0.39 is 21.6 Å². The predicted octanol–water partition coefficient (Wildman–Crippen LogP) is 3.77. The van der Waals surface area contributed by atoms with Gasteiger partial charge in [-0.1, -0.05) is 31.2 Å². The molecule has 0 radical (unpaired) electrons. The van der Waals surface area contributed by atoms with Crippen molar-refractivity contribution < 1.29 is 13.2 Å². The smallest absolute Gasteiger partial charge is 0.267 e. The van der Waals surface area contributed by atoms with Crippen LogP contribution in [0.5, 0.6) is 0 Å². The van der Waals surface area contributed by atoms with Gasteiger partial charge in [0.2, 0.25) is 15.9 Å². The first kappa shape index (κ1) is 24.8. The molecule has 9 heteroatoms. The van der Waals surface area contributed by atoms with Gasteiger partial charge in [-0.05, 0) is 68.5 Å². The van der Waals surface area contributed by atoms with Gasteiger partial charge in [-0.15, -0.1) is 0 Å². The van der Waals surface area contributed by atoms with E-state index in [9.17, 15) is 18.0 Å². The maximum absolute atomic E-state index is 13.2. The van der Waals surface area contributed by atoms with Gasteiger partial charge in [0.1, 0.15) is 6.04 Å². The second-order valence-corrected chi connectivity index (χ2v) is 10.7. The highest BCUT2D eigenvalue weighted by Gasteiger charge is 2.29. The first-order valence-corrected chi connectivity index (χ1v) is 13.3. The normalized spacial score (nSPS) is 15.2. The molecule has 0 saturated carbocycles. The van der Waals surface area contributed by atoms with E-state index in [1.54, 1.807) is 44.2 Å². The quantitative estimate of drug-likeness (QED) is 0.539. The average Bonchev–Trinajstić information content (AvgIpc) is 3.40. The molecular weight excluding hydrogens is 464 g/mol. The van der Waals surface area contributed by atoms with Crippen LogP contribution in [0.4, 0.5) is 5.69 Å². The molecule has 0 bridgehead atoms. The number of carbonyl (C=O) groups excluding carboxylic acids is 1. The molecule has 0 spiro atoms. The van der Waals surface area contributed by atoms with Crippen molar-refractivity contribution in [3.63, 3.8) is 0 Å². The molecule has 1 aliphatic rings. The maximum atomic E-state index is 13.2. The highest BCUT2D eigenvalue weighted by Crippen LogP contribution is 2.28. The lowest BCUT2D eigenvalue weighted by Crippen LogP contribution is -2.33. The largest absolute Gasteiger partial charge is 0.324 e. The number of nitrogens with zero attached hydrogens (tertiary/aromatic N) is 3. The number of anilines is 1. The van der Waals surface area contributed by atoms with Crippen molar-refractivity contribution in [3.05, 3.63) is 76.1 Å². The van der Waals surface area contributed by atoms with Crippen LogP contribution in [-0.2, 0) is 21.2 Å². The summed E-state index contributed by atoms with van der Waals surface area (Å²) in [5, 5.41) is 7.27. The Morgan fingerprint density at radius 3 is 2.54 bits per heavy atom. The molecule has 0 unspecified atom stereocenters. The van der Waals surface area contributed by atoms with E-state index in [0.29, 0.717) is 35.6 Å². The standard InChI is InChI=1S/C26H30N4O4S/c1-4-20-8-7-9-22(16-20)27-26(32)19(3)30-25(31)13-12-23(28-30)21-11-10-18(2)24(17-21)35(33,34)29-14-5-6-15-29/h7-13,16-17,19H,4-6,14-15H2,1-3H3,(H,27,32)/t19-/m0/s1. The third-order valence-corrected chi connectivity index (χ3v) is 8.38. The van der Waals surface area contributed by atoms with E-state index in [0.717, 1.165) is 29.5 Å². The Hall–Kier alpha value is -3.30. The first-order valence-electron chi connectivity index (χ1n) is 11.8. The van der Waals surface area contributed by atoms with Gasteiger partial charge in [0.15, 0.2) is 0 Å². The van der Waals surface area contributed by atoms with Crippen molar-refractivity contribution >= 4 is 21.6 Å². The summed E-state index contributed by atoms with van der Waals surface area (Å²) in [7, 11) is -3.62. The summed E-state index contributed by atoms with van der Waals surface area (Å²) in [6.07, 6.45) is 2.55. The summed E-state index contributed by atoms with van der Waals surface area (Å²) in [6, 6.07) is 14.7. The molecule has 1 N–H and O–H groups in total. The van der Waals surface area contributed by atoms with E-state index in [2.05, 4.69) is 10.4 Å². The predicted molar refractivity (Wildman–Crippen MR) is 136 cm³/mol. The highest BCUT2D eigenvalue weighted by atomic mass is 32.2. The van der Waals surface area contributed by atoms with Crippen LogP contribution < -0.4 is 10.9 Å². The average molecular weight is 495 g/mol. The number of amides is 1. The number of aromatic nitrogens is 2. The molecular formula is C26H30N4O4S. The van der Waals surface area contributed by atoms with Crippen LogP contribution in [0.2, 0.25) is 0 Å². The fourth-order valence-electron chi connectivity index (χ4n) is 4.19. The van der Waals surface area contributed by atoms with Crippen LogP contribution in [0.15, 0.2) is 64.3 Å². The number of aryl methyl sites for hydroxylation is 2. The third-order valence-electron chi connectivity index (χ3n) is 6.34. The minimum absolute atomic E-state index is 0.234. The molecule has 4 rings (SSSR count). The second-order valence-electron chi connectivity index (χ2n) is 8.81. The van der Waals surface area contributed by atoms with Gasteiger partial charge in [-0.2, -0.15) is 9.40 Å². The van der Waals surface area contributed by atoms with Crippen molar-refractivity contribution in [1.82, 2.24) is 14.1 Å². The third kappa shape index (κ3) is 5.21. The summed E-state index contributed by atoms with van der Waals surface area (Å²) in [5.41, 5.74) is 2.94. The van der Waals surface area contributed by atoms with Crippen molar-refractivity contribution in [3.8, 4) is 11.3 Å². The Labute approximate surface area is 205 Å². The van der Waals surface area contributed by atoms with E-state index in [4.69, 9.17) is 0 Å². The zero-order valence-electron chi connectivity index (χ0n) is 20.2. The van der Waals surface area contributed by atoms with Gasteiger partial charge in [0, 0.05) is 30.4 Å². The number of rotatable bonds is 7. The molecule has 1 fully saturated rings. The second kappa shape index (κ2) is 10.1. The van der Waals surface area contributed by atoms with Crippen LogP contribution in [0.3, 0.4) is 0 Å². The fraction of sp³-hybridized carbons (Fsp3) is 0.346. The van der Waals surface area contributed by atoms with Gasteiger partial charge >= 0.3 is 0 Å². The number of sulfonamides is 1. The van der Waals surface area contributed by atoms with Crippen molar-refractivity contribution in [2.24, 2.45) is 0 Å². The van der Waals surface area contributed by atoms with Gasteiger partial charge in [0.05, 0.1) is 10.6 Å². The molecule has 2 aromatic carbocycles. The topological polar surface area (TPSA) is 101 Å². The van der Waals surface area contributed by atoms with E-state index in [-0.39, 0.29) is 10.8 Å². The van der Waals surface area contributed by atoms with Crippen molar-refractivity contribution in [1.29, 1.82) is 0 Å². The Bertz CT molecular complexity index is 1410. The summed E-state index contributed by atoms with van der Waals surface area (Å²) >= 11 is 0. The summed E-state index contributed by atoms with van der Waals surface area (Å²) < 4.78 is 29.0. The van der Waals surface area contributed by atoms with Crippen LogP contribution in [0, 0.1) is 6.92 Å². The molecule has 1 aliphatic heterocycles. The van der Waals surface area contributed by atoms with Crippen LogP contribution in [0.25, 0.3) is 11.3 Å². The number of carbonyl (C=O) groups is 1. The molecule has 35 heavy (non-hydrogen) atoms. The summed E-state index contributed by atoms with van der Waals surface area (Å²) in [6.45, 7) is 6.44. The van der Waals surface area contributed by atoms with E-state index in [1.807, 2.05) is 25.1 Å². The molecule has 1 aromatic heterocycles. The molecule has 8 nitrogen and oxygen atoms in total. The summed E-state index contributed by atoms with van der Waals surface area (Å²) in [4.78, 5) is 25.7. The lowest BCUT2D eigenvalue weighted by atomic mass is 10.1. The lowest BCUT2D eigenvalue weighted by Gasteiger charge is -2.18. The Morgan fingerprint density at radius 2 is 1.83 bits per heavy atom. The maximum Gasteiger partial charge on any atom is 0.267 e. The minimum atomic E-state index is -3.62. The van der Waals surface area contributed by atoms with E-state index in [1.165, 1.54) is 10.4 Å². The van der Waals surface area contributed by atoms with Crippen LogP contribution in [-0.4, -0.2) is 41.5 Å². The monoisotopic (exact) mass is 494 g/mol. The van der Waals surface area contributed by atoms with Gasteiger partial charge < -0.3 is 5.32 Å². The Balaban J connectivity index is 1.64. The Kier molecular flexibility index (Phi) is 7.18. The van der Waals surface area contributed by atoms with Gasteiger partial charge in [-0.25, -0.2) is 13.1 Å². The molecule has 3 aromatic rings. The number of hydrogen-bond acceptors (Lipinski definition) is 5. The Morgan fingerprint density at radius 1 is 1.09 bits per heavy atom. The molecule has 0 aliphatic carbocycles. The minimum Gasteiger partial charge on any atom is -0.324 e. The molecule has 1 atom stereocenters. The molecule has 184 valence electrons. The van der Waals surface area contributed by atoms with Crippen LogP contribution >= 0.6 is 0 Å². The molecule has 2 heterocycles. The molecule has 1 amide bonds. The molecule has 1 saturated heterocycles. The number of nitrogens with one attached hydrogen (secondary N) is 1. The van der Waals surface area contributed by atoms with Crippen molar-refractivity contribution in [2.45, 2.75) is 51.0 Å². The fourth-order valence-corrected chi connectivity index (χ4v) is 5.96. The summed E-state index contributed by atoms with van der Waals surface area (Å²) in [5.74, 6) is -0.369. The highest BCUT2D eigenvalue weighted by molar-refractivity contribution is 7.89. The first-order chi connectivity index (χ1) is 16.7. The zero-order valence-corrected chi connectivity index (χ0v) is 21.0. The number of benzene rings is 2. The van der Waals surface area contributed by atoms with Gasteiger partial charge in [-0.3, -0.25) is 9.59 Å². The zero-order chi connectivity index (χ0) is 25.2. The van der Waals surface area contributed by atoms with Crippen molar-refractivity contribution in [2.75, 3.05) is 18.4 Å².